The second kappa shape index (κ2) is 5.96. The monoisotopic (exact) mass is 297 g/mol. The molecule has 20 heavy (non-hydrogen) atoms. The zero-order valence-corrected chi connectivity index (χ0v) is 13.9. The summed E-state index contributed by atoms with van der Waals surface area (Å²) in [5, 5.41) is 7.47. The van der Waals surface area contributed by atoms with Gasteiger partial charge in [-0.1, -0.05) is 31.5 Å². The van der Waals surface area contributed by atoms with E-state index in [1.807, 2.05) is 20.8 Å². The van der Waals surface area contributed by atoms with Crippen molar-refractivity contribution in [2.75, 3.05) is 12.3 Å². The summed E-state index contributed by atoms with van der Waals surface area (Å²) in [7, 11) is 0. The van der Waals surface area contributed by atoms with E-state index in [0.717, 1.165) is 16.8 Å². The Kier molecular flexibility index (Phi) is 4.67. The minimum Gasteiger partial charge on any atom is -0.359 e. The highest BCUT2D eigenvalue weighted by Gasteiger charge is 2.40. The van der Waals surface area contributed by atoms with Gasteiger partial charge in [-0.3, -0.25) is 9.79 Å². The number of nitrogens with one attached hydrogen (secondary N) is 2. The molecule has 1 saturated heterocycles. The molecule has 1 heterocycles. The molecule has 1 aliphatic carbocycles. The molecule has 1 saturated carbocycles. The molecular weight excluding hydrogens is 270 g/mol. The largest absolute Gasteiger partial charge is 0.359 e. The summed E-state index contributed by atoms with van der Waals surface area (Å²) in [6, 6.07) is 0. The van der Waals surface area contributed by atoms with Crippen LogP contribution in [0.4, 0.5) is 0 Å². The van der Waals surface area contributed by atoms with Crippen LogP contribution in [0.3, 0.4) is 0 Å². The fraction of sp³-hybridized carbons (Fsp3) is 0.867. The molecule has 2 atom stereocenters. The van der Waals surface area contributed by atoms with E-state index < -0.39 is 0 Å². The lowest BCUT2D eigenvalue weighted by atomic mass is 9.78. The first-order valence-electron chi connectivity index (χ1n) is 7.54. The molecule has 1 amide bonds. The maximum Gasteiger partial charge on any atom is 0.242 e. The van der Waals surface area contributed by atoms with Gasteiger partial charge in [-0.05, 0) is 39.5 Å². The topological polar surface area (TPSA) is 53.5 Å². The third-order valence-corrected chi connectivity index (χ3v) is 5.03. The number of hydrogen-bond acceptors (Lipinski definition) is 3. The summed E-state index contributed by atoms with van der Waals surface area (Å²) in [6.45, 7) is 8.51. The summed E-state index contributed by atoms with van der Waals surface area (Å²) in [4.78, 5) is 16.2. The van der Waals surface area contributed by atoms with Crippen molar-refractivity contribution in [1.82, 2.24) is 10.6 Å². The fourth-order valence-corrected chi connectivity index (χ4v) is 4.29. The molecule has 114 valence electrons. The van der Waals surface area contributed by atoms with Crippen LogP contribution in [0.15, 0.2) is 4.99 Å². The van der Waals surface area contributed by atoms with Crippen molar-refractivity contribution in [2.24, 2.45) is 10.9 Å². The van der Waals surface area contributed by atoms with Crippen molar-refractivity contribution in [3.63, 3.8) is 0 Å². The van der Waals surface area contributed by atoms with E-state index in [1.165, 1.54) is 25.7 Å². The number of hydrogen-bond donors (Lipinski definition) is 2. The quantitative estimate of drug-likeness (QED) is 0.823. The first kappa shape index (κ1) is 15.7. The lowest BCUT2D eigenvalue weighted by Crippen LogP contribution is -2.47. The van der Waals surface area contributed by atoms with E-state index in [9.17, 15) is 4.79 Å². The average molecular weight is 297 g/mol. The number of rotatable bonds is 2. The molecule has 0 bridgehead atoms. The summed E-state index contributed by atoms with van der Waals surface area (Å²) in [5.74, 6) is 1.88. The lowest BCUT2D eigenvalue weighted by molar-refractivity contribution is -0.121. The Labute approximate surface area is 126 Å². The normalized spacial score (nSPS) is 32.4. The van der Waals surface area contributed by atoms with E-state index >= 15 is 0 Å². The minimum absolute atomic E-state index is 0.00892. The molecule has 0 aromatic heterocycles. The van der Waals surface area contributed by atoms with Gasteiger partial charge in [0.25, 0.3) is 0 Å². The van der Waals surface area contributed by atoms with Crippen LogP contribution in [0.2, 0.25) is 0 Å². The van der Waals surface area contributed by atoms with Crippen LogP contribution in [0.1, 0.15) is 53.4 Å². The van der Waals surface area contributed by atoms with E-state index in [1.54, 1.807) is 11.8 Å². The number of aliphatic imine (C=N–C) groups is 1. The van der Waals surface area contributed by atoms with Gasteiger partial charge in [0.2, 0.25) is 5.91 Å². The number of amides is 1. The smallest absolute Gasteiger partial charge is 0.242 e. The molecule has 2 N–H and O–H groups in total. The highest BCUT2D eigenvalue weighted by atomic mass is 32.2. The van der Waals surface area contributed by atoms with Gasteiger partial charge in [-0.15, -0.1) is 0 Å². The second-order valence-corrected chi connectivity index (χ2v) is 8.28. The van der Waals surface area contributed by atoms with Crippen LogP contribution >= 0.6 is 11.8 Å². The third-order valence-electron chi connectivity index (χ3n) is 3.83. The molecule has 0 aromatic rings. The number of amidine groups is 1. The van der Waals surface area contributed by atoms with E-state index in [-0.39, 0.29) is 23.5 Å². The highest BCUT2D eigenvalue weighted by molar-refractivity contribution is 8.14. The van der Waals surface area contributed by atoms with E-state index in [4.69, 9.17) is 0 Å². The zero-order valence-electron chi connectivity index (χ0n) is 13.1. The van der Waals surface area contributed by atoms with E-state index in [0.29, 0.717) is 0 Å². The molecule has 1 spiro atoms. The van der Waals surface area contributed by atoms with Crippen LogP contribution in [0.25, 0.3) is 0 Å². The minimum atomic E-state index is -0.187. The van der Waals surface area contributed by atoms with Crippen LogP contribution in [-0.4, -0.2) is 34.5 Å². The standard InChI is InChI=1S/C15H27N3OS/c1-11-6-5-7-15(8-11)10-20-13(18-15)16-9-12(19)17-14(2,3)4/h11H,5-10H2,1-4H3,(H,16,18)(H,17,19). The molecule has 2 rings (SSSR count). The van der Waals surface area contributed by atoms with Gasteiger partial charge in [0.05, 0.1) is 0 Å². The maximum absolute atomic E-state index is 11.8. The van der Waals surface area contributed by atoms with Gasteiger partial charge >= 0.3 is 0 Å². The molecule has 5 heteroatoms. The summed E-state index contributed by atoms with van der Waals surface area (Å²) in [5.41, 5.74) is 0.0508. The number of carbonyl (C=O) groups excluding carboxylic acids is 1. The Hall–Kier alpha value is -0.710. The summed E-state index contributed by atoms with van der Waals surface area (Å²) in [6.07, 6.45) is 5.10. The number of nitrogens with zero attached hydrogens (tertiary/aromatic N) is 1. The predicted molar refractivity (Wildman–Crippen MR) is 86.2 cm³/mol. The van der Waals surface area contributed by atoms with Crippen LogP contribution in [-0.2, 0) is 4.79 Å². The molecule has 0 aromatic carbocycles. The van der Waals surface area contributed by atoms with Crippen LogP contribution in [0.5, 0.6) is 0 Å². The Balaban J connectivity index is 1.86. The highest BCUT2D eigenvalue weighted by Crippen LogP contribution is 2.38. The summed E-state index contributed by atoms with van der Waals surface area (Å²) < 4.78 is 0. The summed E-state index contributed by atoms with van der Waals surface area (Å²) >= 11 is 1.77. The number of carbonyl (C=O) groups is 1. The molecule has 2 unspecified atom stereocenters. The first-order valence-corrected chi connectivity index (χ1v) is 8.53. The SMILES string of the molecule is CC1CCCC2(CSC(=NCC(=O)NC(C)(C)C)N2)C1. The Bertz CT molecular complexity index is 402. The number of thioether (sulfide) groups is 1. The second-order valence-electron chi connectivity index (χ2n) is 7.32. The van der Waals surface area contributed by atoms with Crippen molar-refractivity contribution in [2.45, 2.75) is 64.5 Å². The van der Waals surface area contributed by atoms with Gasteiger partial charge in [0, 0.05) is 16.8 Å². The molecule has 2 aliphatic rings. The van der Waals surface area contributed by atoms with E-state index in [2.05, 4.69) is 22.5 Å². The Morgan fingerprint density at radius 1 is 1.55 bits per heavy atom. The third kappa shape index (κ3) is 4.40. The maximum atomic E-state index is 11.8. The molecular formula is C15H27N3OS. The Morgan fingerprint density at radius 3 is 2.95 bits per heavy atom. The van der Waals surface area contributed by atoms with Crippen molar-refractivity contribution < 1.29 is 4.79 Å². The van der Waals surface area contributed by atoms with Crippen molar-refractivity contribution in [3.8, 4) is 0 Å². The molecule has 0 radical (unpaired) electrons. The molecule has 1 aliphatic heterocycles. The fourth-order valence-electron chi connectivity index (χ4n) is 3.10. The van der Waals surface area contributed by atoms with Gasteiger partial charge in [0.15, 0.2) is 5.17 Å². The van der Waals surface area contributed by atoms with Crippen molar-refractivity contribution >= 4 is 22.8 Å². The van der Waals surface area contributed by atoms with Crippen molar-refractivity contribution in [3.05, 3.63) is 0 Å². The molecule has 4 nitrogen and oxygen atoms in total. The van der Waals surface area contributed by atoms with Gasteiger partial charge < -0.3 is 10.6 Å². The average Bonchev–Trinajstić information content (AvgIpc) is 2.67. The Morgan fingerprint density at radius 2 is 2.30 bits per heavy atom. The molecule has 2 fully saturated rings. The predicted octanol–water partition coefficient (Wildman–Crippen LogP) is 2.54. The van der Waals surface area contributed by atoms with Gasteiger partial charge in [0.1, 0.15) is 6.54 Å². The van der Waals surface area contributed by atoms with Gasteiger partial charge in [-0.2, -0.15) is 0 Å². The first-order chi connectivity index (χ1) is 9.28. The van der Waals surface area contributed by atoms with Crippen LogP contribution in [0, 0.1) is 5.92 Å². The van der Waals surface area contributed by atoms with Crippen molar-refractivity contribution in [1.29, 1.82) is 0 Å². The van der Waals surface area contributed by atoms with Gasteiger partial charge in [-0.25, -0.2) is 0 Å². The van der Waals surface area contributed by atoms with Crippen LogP contribution < -0.4 is 10.6 Å². The zero-order chi connectivity index (χ0) is 14.8. The lowest BCUT2D eigenvalue weighted by Gasteiger charge is -2.36.